The van der Waals surface area contributed by atoms with Crippen molar-refractivity contribution in [2.75, 3.05) is 0 Å². The first-order valence-electron chi connectivity index (χ1n) is 6.22. The van der Waals surface area contributed by atoms with Crippen LogP contribution in [0.3, 0.4) is 0 Å². The van der Waals surface area contributed by atoms with E-state index >= 15 is 0 Å². The molecule has 0 spiro atoms. The molecule has 7 heteroatoms. The van der Waals surface area contributed by atoms with Crippen LogP contribution in [0, 0.1) is 6.92 Å². The predicted molar refractivity (Wildman–Crippen MR) is 84.0 cm³/mol. The summed E-state index contributed by atoms with van der Waals surface area (Å²) in [7, 11) is 0. The predicted octanol–water partition coefficient (Wildman–Crippen LogP) is 4.72. The number of thiazole rings is 1. The van der Waals surface area contributed by atoms with Crippen LogP contribution >= 0.6 is 34.5 Å². The smallest absolute Gasteiger partial charge is 0.263 e. The van der Waals surface area contributed by atoms with Gasteiger partial charge in [0.1, 0.15) is 11.0 Å². The molecule has 1 aromatic heterocycles. The van der Waals surface area contributed by atoms with Crippen molar-refractivity contribution in [3.05, 3.63) is 49.4 Å². The summed E-state index contributed by atoms with van der Waals surface area (Å²) < 4.78 is 13.5. The Hall–Kier alpha value is -1.17. The molecule has 2 aromatic rings. The molecule has 0 saturated heterocycles. The summed E-state index contributed by atoms with van der Waals surface area (Å²) >= 11 is 13.0. The molecule has 0 radical (unpaired) electrons. The van der Waals surface area contributed by atoms with Crippen molar-refractivity contribution in [2.45, 2.75) is 26.6 Å². The van der Waals surface area contributed by atoms with Gasteiger partial charge < -0.3 is 5.32 Å². The molecule has 1 heterocycles. The van der Waals surface area contributed by atoms with Gasteiger partial charge in [0.05, 0.1) is 10.7 Å². The van der Waals surface area contributed by atoms with Crippen LogP contribution in [-0.2, 0) is 6.54 Å². The number of nitrogens with one attached hydrogen (secondary N) is 1. The lowest BCUT2D eigenvalue weighted by molar-refractivity contribution is 0.0952. The number of carbonyl (C=O) groups is 1. The van der Waals surface area contributed by atoms with E-state index in [2.05, 4.69) is 10.3 Å². The van der Waals surface area contributed by atoms with E-state index < -0.39 is 6.17 Å². The first-order valence-corrected chi connectivity index (χ1v) is 7.79. The van der Waals surface area contributed by atoms with Crippen molar-refractivity contribution in [1.82, 2.24) is 10.3 Å². The summed E-state index contributed by atoms with van der Waals surface area (Å²) in [5.41, 5.74) is 0.919. The molecule has 3 nitrogen and oxygen atoms in total. The Morgan fingerprint density at radius 1 is 1.48 bits per heavy atom. The fourth-order valence-corrected chi connectivity index (χ4v) is 3.19. The Labute approximate surface area is 136 Å². The average molecular weight is 347 g/mol. The van der Waals surface area contributed by atoms with Crippen molar-refractivity contribution in [1.29, 1.82) is 0 Å². The number of halogens is 3. The number of aryl methyl sites for hydroxylation is 1. The van der Waals surface area contributed by atoms with Gasteiger partial charge in [-0.25, -0.2) is 9.37 Å². The van der Waals surface area contributed by atoms with E-state index in [1.807, 2.05) is 0 Å². The van der Waals surface area contributed by atoms with Crippen molar-refractivity contribution in [3.63, 3.8) is 0 Å². The summed E-state index contributed by atoms with van der Waals surface area (Å²) in [5.74, 6) is -0.355. The maximum Gasteiger partial charge on any atom is 0.263 e. The second-order valence-corrected chi connectivity index (χ2v) is 6.53. The Morgan fingerprint density at radius 2 is 2.19 bits per heavy atom. The molecule has 0 fully saturated rings. The Kier molecular flexibility index (Phi) is 5.19. The zero-order valence-corrected chi connectivity index (χ0v) is 13.7. The van der Waals surface area contributed by atoms with Gasteiger partial charge >= 0.3 is 0 Å². The van der Waals surface area contributed by atoms with Gasteiger partial charge in [0.25, 0.3) is 5.91 Å². The van der Waals surface area contributed by atoms with Gasteiger partial charge in [-0.1, -0.05) is 29.3 Å². The molecular formula is C14H13Cl2FN2OS. The van der Waals surface area contributed by atoms with E-state index in [0.29, 0.717) is 19.9 Å². The minimum Gasteiger partial charge on any atom is -0.347 e. The number of hydrogen-bond donors (Lipinski definition) is 1. The van der Waals surface area contributed by atoms with Gasteiger partial charge in [-0.15, -0.1) is 11.3 Å². The molecule has 2 rings (SSSR count). The molecule has 1 amide bonds. The molecule has 1 atom stereocenters. The number of nitrogens with zero attached hydrogens (tertiary/aromatic N) is 1. The first-order chi connectivity index (χ1) is 9.88. The third kappa shape index (κ3) is 3.93. The van der Waals surface area contributed by atoms with Gasteiger partial charge in [-0.05, 0) is 31.5 Å². The third-order valence-corrected chi connectivity index (χ3v) is 4.37. The largest absolute Gasteiger partial charge is 0.347 e. The monoisotopic (exact) mass is 346 g/mol. The first kappa shape index (κ1) is 16.2. The Balaban J connectivity index is 2.12. The quantitative estimate of drug-likeness (QED) is 0.870. The minimum absolute atomic E-state index is 0.178. The molecule has 0 aliphatic heterocycles. The fraction of sp³-hybridized carbons (Fsp3) is 0.286. The summed E-state index contributed by atoms with van der Waals surface area (Å²) in [6.07, 6.45) is -1.28. The molecule has 1 aromatic carbocycles. The molecule has 0 bridgehead atoms. The maximum absolute atomic E-state index is 13.5. The second kappa shape index (κ2) is 6.73. The molecule has 0 aliphatic rings. The van der Waals surface area contributed by atoms with Crippen LogP contribution in [0.1, 0.15) is 39.0 Å². The van der Waals surface area contributed by atoms with E-state index in [0.717, 1.165) is 5.56 Å². The van der Waals surface area contributed by atoms with E-state index in [1.54, 1.807) is 25.1 Å². The fourth-order valence-electron chi connectivity index (χ4n) is 1.80. The minimum atomic E-state index is -1.28. The van der Waals surface area contributed by atoms with Gasteiger partial charge in [-0.2, -0.15) is 0 Å². The Morgan fingerprint density at radius 3 is 2.81 bits per heavy atom. The molecule has 0 aliphatic carbocycles. The van der Waals surface area contributed by atoms with E-state index in [1.165, 1.54) is 18.3 Å². The van der Waals surface area contributed by atoms with Crippen molar-refractivity contribution >= 4 is 40.4 Å². The highest BCUT2D eigenvalue weighted by Crippen LogP contribution is 2.26. The van der Waals surface area contributed by atoms with E-state index in [4.69, 9.17) is 23.2 Å². The van der Waals surface area contributed by atoms with Crippen LogP contribution in [-0.4, -0.2) is 10.9 Å². The normalized spacial score (nSPS) is 12.2. The zero-order valence-electron chi connectivity index (χ0n) is 11.4. The third-order valence-electron chi connectivity index (χ3n) is 2.80. The molecule has 0 saturated carbocycles. The summed E-state index contributed by atoms with van der Waals surface area (Å²) in [6.45, 7) is 3.34. The number of aromatic nitrogens is 1. The van der Waals surface area contributed by atoms with Crippen LogP contribution in [0.15, 0.2) is 18.2 Å². The molecule has 112 valence electrons. The lowest BCUT2D eigenvalue weighted by Gasteiger charge is -2.07. The highest BCUT2D eigenvalue weighted by molar-refractivity contribution is 7.13. The SMILES string of the molecule is Cc1nc(C(C)F)c(C(=O)NCc2ccc(Cl)cc2Cl)s1. The highest BCUT2D eigenvalue weighted by atomic mass is 35.5. The average Bonchev–Trinajstić information content (AvgIpc) is 2.80. The lowest BCUT2D eigenvalue weighted by atomic mass is 10.2. The van der Waals surface area contributed by atoms with Crippen LogP contribution in [0.25, 0.3) is 0 Å². The van der Waals surface area contributed by atoms with Gasteiger partial charge in [0.15, 0.2) is 0 Å². The topological polar surface area (TPSA) is 42.0 Å². The Bertz CT molecular complexity index is 673. The number of alkyl halides is 1. The number of hydrogen-bond acceptors (Lipinski definition) is 3. The van der Waals surface area contributed by atoms with Crippen LogP contribution in [0.4, 0.5) is 4.39 Å². The highest BCUT2D eigenvalue weighted by Gasteiger charge is 2.20. The van der Waals surface area contributed by atoms with Crippen LogP contribution in [0.2, 0.25) is 10.0 Å². The van der Waals surface area contributed by atoms with Crippen molar-refractivity contribution in [2.24, 2.45) is 0 Å². The van der Waals surface area contributed by atoms with Gasteiger partial charge in [0.2, 0.25) is 0 Å². The lowest BCUT2D eigenvalue weighted by Crippen LogP contribution is -2.23. The summed E-state index contributed by atoms with van der Waals surface area (Å²) in [6, 6.07) is 5.04. The van der Waals surface area contributed by atoms with E-state index in [9.17, 15) is 9.18 Å². The second-order valence-electron chi connectivity index (χ2n) is 4.48. The summed E-state index contributed by atoms with van der Waals surface area (Å²) in [4.78, 5) is 16.5. The number of rotatable bonds is 4. The standard InChI is InChI=1S/C14H13Cl2FN2OS/c1-7(17)12-13(21-8(2)19-12)14(20)18-6-9-3-4-10(15)5-11(9)16/h3-5,7H,6H2,1-2H3,(H,18,20). The van der Waals surface area contributed by atoms with Gasteiger partial charge in [-0.3, -0.25) is 4.79 Å². The summed E-state index contributed by atoms with van der Waals surface area (Å²) in [5, 5.41) is 4.38. The maximum atomic E-state index is 13.5. The number of amides is 1. The van der Waals surface area contributed by atoms with Crippen LogP contribution in [0.5, 0.6) is 0 Å². The zero-order chi connectivity index (χ0) is 15.6. The number of carbonyl (C=O) groups excluding carboxylic acids is 1. The van der Waals surface area contributed by atoms with Gasteiger partial charge in [0, 0.05) is 16.6 Å². The molecule has 1 N–H and O–H groups in total. The molecule has 1 unspecified atom stereocenters. The van der Waals surface area contributed by atoms with Crippen LogP contribution < -0.4 is 5.32 Å². The van der Waals surface area contributed by atoms with Crippen molar-refractivity contribution < 1.29 is 9.18 Å². The van der Waals surface area contributed by atoms with Crippen molar-refractivity contribution in [3.8, 4) is 0 Å². The molecular weight excluding hydrogens is 334 g/mol. The number of benzene rings is 1. The van der Waals surface area contributed by atoms with E-state index in [-0.39, 0.29) is 18.1 Å². The molecule has 21 heavy (non-hydrogen) atoms.